The van der Waals surface area contributed by atoms with Crippen molar-refractivity contribution in [2.24, 2.45) is 0 Å². The van der Waals surface area contributed by atoms with Gasteiger partial charge in [-0.1, -0.05) is 66.7 Å². The summed E-state index contributed by atoms with van der Waals surface area (Å²) in [5.74, 6) is -3.33. The van der Waals surface area contributed by atoms with E-state index in [-0.39, 0.29) is 18.0 Å². The molecule has 35 heavy (non-hydrogen) atoms. The number of amides is 1. The lowest BCUT2D eigenvalue weighted by Crippen LogP contribution is -2.26. The van der Waals surface area contributed by atoms with Gasteiger partial charge in [0.15, 0.2) is 11.6 Å². The molecule has 0 unspecified atom stereocenters. The molecule has 0 saturated carbocycles. The van der Waals surface area contributed by atoms with Crippen molar-refractivity contribution in [1.29, 1.82) is 0 Å². The van der Waals surface area contributed by atoms with Crippen LogP contribution in [0.15, 0.2) is 97.1 Å². The number of hydrogen-bond acceptors (Lipinski definition) is 2. The number of carboxylic acid groups (broad SMARTS) is 1. The molecule has 0 spiro atoms. The summed E-state index contributed by atoms with van der Waals surface area (Å²) in [5.41, 5.74) is 4.03. The first-order valence-corrected chi connectivity index (χ1v) is 10.9. The van der Waals surface area contributed by atoms with E-state index in [9.17, 15) is 23.5 Å². The number of carbonyl (C=O) groups excluding carboxylic acids is 1. The standard InChI is InChI=1S/C29H19F2NO3/c30-23-14-13-20(16-24(23)31)26(19-8-2-1-3-9-19)27-22-11-4-5-12-25(22)32(28(27)33)17-18-7-6-10-21(15-18)29(34)35/h1-16H,17H2,(H,34,35). The van der Waals surface area contributed by atoms with Gasteiger partial charge in [0.1, 0.15) is 0 Å². The molecule has 0 aliphatic carbocycles. The molecule has 4 aromatic carbocycles. The predicted octanol–water partition coefficient (Wildman–Crippen LogP) is 6.17. The summed E-state index contributed by atoms with van der Waals surface area (Å²) in [7, 11) is 0. The van der Waals surface area contributed by atoms with E-state index in [0.29, 0.717) is 39.1 Å². The monoisotopic (exact) mass is 467 g/mol. The largest absolute Gasteiger partial charge is 0.478 e. The van der Waals surface area contributed by atoms with Gasteiger partial charge in [-0.25, -0.2) is 13.6 Å². The van der Waals surface area contributed by atoms with Crippen LogP contribution in [0, 0.1) is 11.6 Å². The van der Waals surface area contributed by atoms with Crippen LogP contribution in [0.5, 0.6) is 0 Å². The van der Waals surface area contributed by atoms with E-state index >= 15 is 0 Å². The molecule has 172 valence electrons. The first-order chi connectivity index (χ1) is 16.9. The molecule has 0 bridgehead atoms. The topological polar surface area (TPSA) is 57.6 Å². The highest BCUT2D eigenvalue weighted by atomic mass is 19.2. The van der Waals surface area contributed by atoms with Crippen LogP contribution in [0.4, 0.5) is 14.5 Å². The Labute approximate surface area is 200 Å². The lowest BCUT2D eigenvalue weighted by atomic mass is 9.90. The highest BCUT2D eigenvalue weighted by Crippen LogP contribution is 2.43. The van der Waals surface area contributed by atoms with Gasteiger partial charge in [-0.3, -0.25) is 4.79 Å². The maximum absolute atomic E-state index is 14.3. The third-order valence-corrected chi connectivity index (χ3v) is 5.96. The van der Waals surface area contributed by atoms with Gasteiger partial charge in [0.05, 0.1) is 23.4 Å². The zero-order chi connectivity index (χ0) is 24.5. The van der Waals surface area contributed by atoms with E-state index in [2.05, 4.69) is 0 Å². The van der Waals surface area contributed by atoms with Crippen molar-refractivity contribution in [1.82, 2.24) is 0 Å². The third kappa shape index (κ3) is 4.10. The minimum absolute atomic E-state index is 0.130. The minimum atomic E-state index is -1.05. The Hall–Kier alpha value is -4.58. The quantitative estimate of drug-likeness (QED) is 0.357. The van der Waals surface area contributed by atoms with Crippen molar-refractivity contribution >= 4 is 28.7 Å². The van der Waals surface area contributed by atoms with Crippen molar-refractivity contribution in [3.63, 3.8) is 0 Å². The lowest BCUT2D eigenvalue weighted by Gasteiger charge is -2.18. The second-order valence-electron chi connectivity index (χ2n) is 8.16. The Bertz CT molecular complexity index is 1500. The smallest absolute Gasteiger partial charge is 0.335 e. The molecule has 1 aliphatic heterocycles. The number of fused-ring (bicyclic) bond motifs is 1. The van der Waals surface area contributed by atoms with Gasteiger partial charge in [0.25, 0.3) is 5.91 Å². The van der Waals surface area contributed by atoms with E-state index in [1.807, 2.05) is 54.6 Å². The number of para-hydroxylation sites is 1. The number of halogens is 2. The number of nitrogens with zero attached hydrogens (tertiary/aromatic N) is 1. The van der Waals surface area contributed by atoms with Crippen LogP contribution in [0.2, 0.25) is 0 Å². The Morgan fingerprint density at radius 2 is 1.46 bits per heavy atom. The van der Waals surface area contributed by atoms with Crippen LogP contribution >= 0.6 is 0 Å². The first kappa shape index (κ1) is 22.2. The number of anilines is 1. The van der Waals surface area contributed by atoms with Crippen LogP contribution in [0.25, 0.3) is 11.1 Å². The molecule has 4 nitrogen and oxygen atoms in total. The molecule has 0 aromatic heterocycles. The molecule has 1 amide bonds. The predicted molar refractivity (Wildman–Crippen MR) is 130 cm³/mol. The lowest BCUT2D eigenvalue weighted by molar-refractivity contribution is -0.113. The fraction of sp³-hybridized carbons (Fsp3) is 0.0345. The average Bonchev–Trinajstić information content (AvgIpc) is 3.14. The Balaban J connectivity index is 1.70. The third-order valence-electron chi connectivity index (χ3n) is 5.96. The minimum Gasteiger partial charge on any atom is -0.478 e. The molecule has 4 aromatic rings. The highest BCUT2D eigenvalue weighted by molar-refractivity contribution is 6.38. The van der Waals surface area contributed by atoms with Gasteiger partial charge in [0, 0.05) is 11.1 Å². The summed E-state index contributed by atoms with van der Waals surface area (Å²) in [6.07, 6.45) is 0. The van der Waals surface area contributed by atoms with Gasteiger partial charge < -0.3 is 10.0 Å². The zero-order valence-electron chi connectivity index (χ0n) is 18.4. The van der Waals surface area contributed by atoms with Gasteiger partial charge in [-0.05, 0) is 47.0 Å². The Kier molecular flexibility index (Phi) is 5.71. The van der Waals surface area contributed by atoms with Gasteiger partial charge in [0.2, 0.25) is 0 Å². The molecule has 0 saturated heterocycles. The number of benzene rings is 4. The number of rotatable bonds is 5. The van der Waals surface area contributed by atoms with Crippen molar-refractivity contribution in [2.75, 3.05) is 4.90 Å². The first-order valence-electron chi connectivity index (χ1n) is 10.9. The van der Waals surface area contributed by atoms with E-state index < -0.39 is 17.6 Å². The molecular formula is C29H19F2NO3. The number of carbonyl (C=O) groups is 2. The SMILES string of the molecule is O=C(O)c1cccc(CN2C(=O)C(=C(c3ccccc3)c3ccc(F)c(F)c3)c3ccccc32)c1. The van der Waals surface area contributed by atoms with Crippen molar-refractivity contribution in [3.8, 4) is 0 Å². The van der Waals surface area contributed by atoms with Gasteiger partial charge in [-0.2, -0.15) is 0 Å². The second-order valence-corrected chi connectivity index (χ2v) is 8.16. The van der Waals surface area contributed by atoms with Gasteiger partial charge >= 0.3 is 5.97 Å². The van der Waals surface area contributed by atoms with E-state index in [4.69, 9.17) is 0 Å². The van der Waals surface area contributed by atoms with Gasteiger partial charge in [-0.15, -0.1) is 0 Å². The number of carboxylic acids is 1. The molecular weight excluding hydrogens is 448 g/mol. The van der Waals surface area contributed by atoms with Crippen molar-refractivity contribution < 1.29 is 23.5 Å². The van der Waals surface area contributed by atoms with Crippen LogP contribution in [-0.4, -0.2) is 17.0 Å². The van der Waals surface area contributed by atoms with Crippen molar-refractivity contribution in [3.05, 3.63) is 137 Å². The maximum Gasteiger partial charge on any atom is 0.335 e. The molecule has 1 heterocycles. The van der Waals surface area contributed by atoms with Crippen LogP contribution in [0.3, 0.4) is 0 Å². The maximum atomic E-state index is 14.3. The van der Waals surface area contributed by atoms with Crippen LogP contribution < -0.4 is 4.90 Å². The number of hydrogen-bond donors (Lipinski definition) is 1. The Morgan fingerprint density at radius 3 is 2.20 bits per heavy atom. The highest BCUT2D eigenvalue weighted by Gasteiger charge is 2.35. The fourth-order valence-corrected chi connectivity index (χ4v) is 4.38. The second kappa shape index (κ2) is 8.99. The molecule has 6 heteroatoms. The summed E-state index contributed by atoms with van der Waals surface area (Å²) >= 11 is 0. The molecule has 1 aliphatic rings. The number of aromatic carboxylic acids is 1. The fourth-order valence-electron chi connectivity index (χ4n) is 4.38. The van der Waals surface area contributed by atoms with E-state index in [1.54, 1.807) is 17.0 Å². The molecule has 1 N–H and O–H groups in total. The molecule has 0 fully saturated rings. The Morgan fingerprint density at radius 1 is 0.743 bits per heavy atom. The van der Waals surface area contributed by atoms with E-state index in [1.165, 1.54) is 18.2 Å². The van der Waals surface area contributed by atoms with Crippen LogP contribution in [0.1, 0.15) is 32.6 Å². The summed E-state index contributed by atoms with van der Waals surface area (Å²) in [5, 5.41) is 9.34. The summed E-state index contributed by atoms with van der Waals surface area (Å²) in [6.45, 7) is 0.153. The zero-order valence-corrected chi connectivity index (χ0v) is 18.4. The summed E-state index contributed by atoms with van der Waals surface area (Å²) in [6, 6.07) is 26.4. The van der Waals surface area contributed by atoms with Crippen LogP contribution in [-0.2, 0) is 11.3 Å². The molecule has 0 radical (unpaired) electrons. The van der Waals surface area contributed by atoms with Crippen molar-refractivity contribution in [2.45, 2.75) is 6.54 Å². The normalized spacial score (nSPS) is 14.1. The molecule has 0 atom stereocenters. The average molecular weight is 467 g/mol. The summed E-state index contributed by atoms with van der Waals surface area (Å²) < 4.78 is 28.0. The van der Waals surface area contributed by atoms with E-state index in [0.717, 1.165) is 12.1 Å². The summed E-state index contributed by atoms with van der Waals surface area (Å²) in [4.78, 5) is 26.9. The molecule has 5 rings (SSSR count).